The summed E-state index contributed by atoms with van der Waals surface area (Å²) in [4.78, 5) is 0. The van der Waals surface area contributed by atoms with Crippen LogP contribution >= 0.6 is 0 Å². The van der Waals surface area contributed by atoms with Gasteiger partial charge < -0.3 is 14.0 Å². The Bertz CT molecular complexity index is 408. The third-order valence-corrected chi connectivity index (χ3v) is 2.15. The maximum atomic E-state index is 10.0. The van der Waals surface area contributed by atoms with E-state index in [9.17, 15) is 13.0 Å². The summed E-state index contributed by atoms with van der Waals surface area (Å²) >= 11 is 0. The van der Waals surface area contributed by atoms with Gasteiger partial charge in [0.1, 0.15) is 12.4 Å². The van der Waals surface area contributed by atoms with Crippen LogP contribution in [0.15, 0.2) is 30.3 Å². The fraction of sp³-hybridized carbons (Fsp3) is 0.400. The van der Waals surface area contributed by atoms with Crippen molar-refractivity contribution in [1.29, 1.82) is 0 Å². The molecule has 0 spiro atoms. The number of hydrogen-bond acceptors (Lipinski definition) is 6. The molecule has 0 aromatic heterocycles. The van der Waals surface area contributed by atoms with Gasteiger partial charge >= 0.3 is 29.6 Å². The minimum atomic E-state index is -4.62. The van der Waals surface area contributed by atoms with Crippen molar-refractivity contribution in [1.82, 2.24) is 0 Å². The molecule has 96 valence electrons. The molecule has 0 N–H and O–H groups in total. The fourth-order valence-corrected chi connectivity index (χ4v) is 1.30. The average molecular weight is 284 g/mol. The van der Waals surface area contributed by atoms with Crippen LogP contribution in [-0.4, -0.2) is 39.4 Å². The van der Waals surface area contributed by atoms with E-state index >= 15 is 0 Å². The standard InChI is InChI=1S/C10H14O6S.Na/c11-17(12,13)16-9-7-14-6-8-15-10-4-2-1-3-5-10;/h1-5H,6-9H2,(H,11,12,13);/q;+1/p-1. The number of benzene rings is 1. The van der Waals surface area contributed by atoms with Crippen LogP contribution in [0.2, 0.25) is 0 Å². The second kappa shape index (κ2) is 9.74. The van der Waals surface area contributed by atoms with Crippen molar-refractivity contribution in [2.45, 2.75) is 0 Å². The van der Waals surface area contributed by atoms with Crippen LogP contribution in [0.5, 0.6) is 5.75 Å². The zero-order valence-corrected chi connectivity index (χ0v) is 12.9. The molecule has 0 bridgehead atoms. The van der Waals surface area contributed by atoms with Crippen LogP contribution in [0.1, 0.15) is 0 Å². The van der Waals surface area contributed by atoms with Crippen molar-refractivity contribution in [3.8, 4) is 5.75 Å². The Morgan fingerprint density at radius 3 is 2.22 bits per heavy atom. The molecular formula is C10H13NaO6S. The Hall–Kier alpha value is -0.150. The van der Waals surface area contributed by atoms with Gasteiger partial charge in [-0.3, -0.25) is 4.18 Å². The number of hydrogen-bond donors (Lipinski definition) is 0. The van der Waals surface area contributed by atoms with E-state index in [0.717, 1.165) is 5.75 Å². The summed E-state index contributed by atoms with van der Waals surface area (Å²) in [7, 11) is -4.62. The minimum Gasteiger partial charge on any atom is -0.726 e. The van der Waals surface area contributed by atoms with Crippen LogP contribution in [0, 0.1) is 0 Å². The van der Waals surface area contributed by atoms with Gasteiger partial charge in [-0.05, 0) is 12.1 Å². The van der Waals surface area contributed by atoms with E-state index in [1.54, 1.807) is 0 Å². The van der Waals surface area contributed by atoms with Gasteiger partial charge in [0.25, 0.3) is 0 Å². The Labute approximate surface area is 128 Å². The molecule has 1 aromatic carbocycles. The smallest absolute Gasteiger partial charge is 0.726 e. The molecule has 0 aliphatic carbocycles. The third-order valence-electron chi connectivity index (χ3n) is 1.69. The summed E-state index contributed by atoms with van der Waals surface area (Å²) in [6.07, 6.45) is 0. The maximum absolute atomic E-state index is 10.0. The number of ether oxygens (including phenoxy) is 2. The van der Waals surface area contributed by atoms with Crippen molar-refractivity contribution < 1.29 is 56.2 Å². The van der Waals surface area contributed by atoms with Crippen molar-refractivity contribution in [2.75, 3.05) is 26.4 Å². The van der Waals surface area contributed by atoms with E-state index in [4.69, 9.17) is 9.47 Å². The molecular weight excluding hydrogens is 271 g/mol. The van der Waals surface area contributed by atoms with E-state index in [2.05, 4.69) is 4.18 Å². The van der Waals surface area contributed by atoms with Gasteiger partial charge in [0.15, 0.2) is 0 Å². The molecule has 0 aliphatic rings. The van der Waals surface area contributed by atoms with Gasteiger partial charge in [-0.15, -0.1) is 0 Å². The molecule has 6 nitrogen and oxygen atoms in total. The molecule has 0 amide bonds. The first-order valence-corrected chi connectivity index (χ1v) is 6.27. The normalized spacial score (nSPS) is 10.7. The van der Waals surface area contributed by atoms with Gasteiger partial charge in [-0.2, -0.15) is 0 Å². The van der Waals surface area contributed by atoms with E-state index in [0.29, 0.717) is 6.61 Å². The topological polar surface area (TPSA) is 84.9 Å². The molecule has 0 saturated heterocycles. The predicted octanol–water partition coefficient (Wildman–Crippen LogP) is -2.44. The minimum absolute atomic E-state index is 0. The Morgan fingerprint density at radius 2 is 1.61 bits per heavy atom. The van der Waals surface area contributed by atoms with E-state index < -0.39 is 10.4 Å². The van der Waals surface area contributed by atoms with Crippen LogP contribution in [0.3, 0.4) is 0 Å². The second-order valence-electron chi connectivity index (χ2n) is 3.00. The Kier molecular flexibility index (Phi) is 9.66. The van der Waals surface area contributed by atoms with Crippen molar-refractivity contribution >= 4 is 10.4 Å². The third kappa shape index (κ3) is 9.84. The molecule has 0 fully saturated rings. The molecule has 0 saturated carbocycles. The summed E-state index contributed by atoms with van der Waals surface area (Å²) < 4.78 is 44.4. The van der Waals surface area contributed by atoms with Crippen LogP contribution in [-0.2, 0) is 19.3 Å². The number of rotatable bonds is 8. The van der Waals surface area contributed by atoms with E-state index in [1.807, 2.05) is 30.3 Å². The fourth-order valence-electron chi connectivity index (χ4n) is 1.03. The van der Waals surface area contributed by atoms with E-state index in [-0.39, 0.29) is 49.4 Å². The summed E-state index contributed by atoms with van der Waals surface area (Å²) in [6.45, 7) is 0.377. The first-order chi connectivity index (χ1) is 8.08. The van der Waals surface area contributed by atoms with E-state index in [1.165, 1.54) is 0 Å². The van der Waals surface area contributed by atoms with Crippen LogP contribution < -0.4 is 34.3 Å². The molecule has 1 rings (SSSR count). The summed E-state index contributed by atoms with van der Waals surface area (Å²) in [6, 6.07) is 9.20. The van der Waals surface area contributed by atoms with Gasteiger partial charge in [0.2, 0.25) is 10.4 Å². The molecule has 0 atom stereocenters. The summed E-state index contributed by atoms with van der Waals surface area (Å²) in [5.41, 5.74) is 0. The van der Waals surface area contributed by atoms with Gasteiger partial charge in [-0.25, -0.2) is 8.42 Å². The van der Waals surface area contributed by atoms with Gasteiger partial charge in [0, 0.05) is 0 Å². The SMILES string of the molecule is O=S(=O)([O-])OCCOCCOc1ccccc1.[Na+]. The molecule has 0 aliphatic heterocycles. The largest absolute Gasteiger partial charge is 1.00 e. The van der Waals surface area contributed by atoms with Crippen LogP contribution in [0.25, 0.3) is 0 Å². The number of para-hydroxylation sites is 1. The monoisotopic (exact) mass is 284 g/mol. The van der Waals surface area contributed by atoms with Gasteiger partial charge in [0.05, 0.1) is 19.8 Å². The molecule has 1 aromatic rings. The first kappa shape index (κ1) is 17.8. The molecule has 18 heavy (non-hydrogen) atoms. The van der Waals surface area contributed by atoms with Crippen molar-refractivity contribution in [3.63, 3.8) is 0 Å². The molecule has 0 radical (unpaired) electrons. The first-order valence-electron chi connectivity index (χ1n) is 4.94. The molecule has 0 heterocycles. The average Bonchev–Trinajstić information content (AvgIpc) is 2.28. The van der Waals surface area contributed by atoms with Gasteiger partial charge in [-0.1, -0.05) is 18.2 Å². The summed E-state index contributed by atoms with van der Waals surface area (Å²) in [5, 5.41) is 0. The quantitative estimate of drug-likeness (QED) is 0.228. The maximum Gasteiger partial charge on any atom is 1.00 e. The van der Waals surface area contributed by atoms with Crippen molar-refractivity contribution in [2.24, 2.45) is 0 Å². The zero-order chi connectivity index (χ0) is 12.6. The Balaban J connectivity index is 0.00000289. The Morgan fingerprint density at radius 1 is 1.00 bits per heavy atom. The zero-order valence-electron chi connectivity index (χ0n) is 10.1. The second-order valence-corrected chi connectivity index (χ2v) is 4.06. The molecule has 0 unspecified atom stereocenters. The summed E-state index contributed by atoms with van der Waals surface area (Å²) in [5.74, 6) is 0.731. The van der Waals surface area contributed by atoms with Crippen LogP contribution in [0.4, 0.5) is 0 Å². The predicted molar refractivity (Wildman–Crippen MR) is 58.4 cm³/mol. The molecule has 8 heteroatoms. The van der Waals surface area contributed by atoms with Crippen molar-refractivity contribution in [3.05, 3.63) is 30.3 Å².